The molecule has 0 aliphatic rings. The molecule has 0 heterocycles. The zero-order valence-corrected chi connectivity index (χ0v) is 11.3. The fraction of sp³-hybridized carbons (Fsp3) is 0.333. The molecule has 19 heavy (non-hydrogen) atoms. The van der Waals surface area contributed by atoms with E-state index in [1.807, 2.05) is 0 Å². The van der Waals surface area contributed by atoms with Crippen molar-refractivity contribution in [2.45, 2.75) is 26.4 Å². The van der Waals surface area contributed by atoms with Crippen molar-refractivity contribution in [3.63, 3.8) is 0 Å². The Balaban J connectivity index is 3.09. The SMILES string of the molecule is CC(C)(C)OC(=O)Nc1c(C(=O)O)ccc(F)c1Cl. The van der Waals surface area contributed by atoms with Gasteiger partial charge in [0.2, 0.25) is 0 Å². The Morgan fingerprint density at radius 3 is 2.42 bits per heavy atom. The minimum absolute atomic E-state index is 0.322. The van der Waals surface area contributed by atoms with Crippen molar-refractivity contribution >= 4 is 29.4 Å². The highest BCUT2D eigenvalue weighted by Gasteiger charge is 2.22. The van der Waals surface area contributed by atoms with Gasteiger partial charge < -0.3 is 9.84 Å². The highest BCUT2D eigenvalue weighted by atomic mass is 35.5. The Morgan fingerprint density at radius 1 is 1.37 bits per heavy atom. The molecular weight excluding hydrogens is 277 g/mol. The molecule has 0 fully saturated rings. The number of hydrogen-bond acceptors (Lipinski definition) is 3. The summed E-state index contributed by atoms with van der Waals surface area (Å²) in [6.07, 6.45) is -0.914. The van der Waals surface area contributed by atoms with Gasteiger partial charge in [-0.2, -0.15) is 0 Å². The molecule has 0 aliphatic heterocycles. The summed E-state index contributed by atoms with van der Waals surface area (Å²) in [6.45, 7) is 4.91. The van der Waals surface area contributed by atoms with Crippen LogP contribution in [0.1, 0.15) is 31.1 Å². The number of carbonyl (C=O) groups is 2. The molecule has 0 atom stereocenters. The standard InChI is InChI=1S/C12H13ClFNO4/c1-12(2,3)19-11(18)15-9-6(10(16)17)4-5-7(14)8(9)13/h4-5H,1-3H3,(H,15,18)(H,16,17). The summed E-state index contributed by atoms with van der Waals surface area (Å²) < 4.78 is 18.2. The zero-order chi connectivity index (χ0) is 14.8. The first-order chi connectivity index (χ1) is 8.61. The van der Waals surface area contributed by atoms with Gasteiger partial charge in [-0.15, -0.1) is 0 Å². The van der Waals surface area contributed by atoms with Crippen LogP contribution in [0.5, 0.6) is 0 Å². The fourth-order valence-electron chi connectivity index (χ4n) is 1.26. The molecule has 2 N–H and O–H groups in total. The molecular formula is C12H13ClFNO4. The van der Waals surface area contributed by atoms with Gasteiger partial charge in [0.15, 0.2) is 0 Å². The summed E-state index contributed by atoms with van der Waals surface area (Å²) in [4.78, 5) is 22.5. The number of halogens is 2. The van der Waals surface area contributed by atoms with Crippen molar-refractivity contribution in [3.8, 4) is 0 Å². The second kappa shape index (κ2) is 5.44. The maximum absolute atomic E-state index is 13.3. The first kappa shape index (κ1) is 15.2. The number of aromatic carboxylic acids is 1. The Morgan fingerprint density at radius 2 is 1.95 bits per heavy atom. The van der Waals surface area contributed by atoms with E-state index in [9.17, 15) is 14.0 Å². The van der Waals surface area contributed by atoms with E-state index in [1.165, 1.54) is 0 Å². The van der Waals surface area contributed by atoms with Crippen LogP contribution in [0.4, 0.5) is 14.9 Å². The van der Waals surface area contributed by atoms with Crippen LogP contribution in [0, 0.1) is 5.82 Å². The number of carboxylic acids is 1. The van der Waals surface area contributed by atoms with E-state index < -0.39 is 28.5 Å². The number of anilines is 1. The minimum Gasteiger partial charge on any atom is -0.478 e. The van der Waals surface area contributed by atoms with E-state index in [2.05, 4.69) is 5.32 Å². The van der Waals surface area contributed by atoms with Crippen LogP contribution >= 0.6 is 11.6 Å². The molecule has 1 aromatic rings. The number of benzene rings is 1. The van der Waals surface area contributed by atoms with E-state index in [0.29, 0.717) is 0 Å². The average Bonchev–Trinajstić information content (AvgIpc) is 2.21. The van der Waals surface area contributed by atoms with Crippen molar-refractivity contribution in [1.82, 2.24) is 0 Å². The lowest BCUT2D eigenvalue weighted by Gasteiger charge is -2.20. The number of nitrogens with one attached hydrogen (secondary N) is 1. The van der Waals surface area contributed by atoms with Crippen LogP contribution in [-0.2, 0) is 4.74 Å². The minimum atomic E-state index is -1.34. The smallest absolute Gasteiger partial charge is 0.412 e. The third-order valence-electron chi connectivity index (χ3n) is 1.95. The highest BCUT2D eigenvalue weighted by Crippen LogP contribution is 2.29. The molecule has 7 heteroatoms. The fourth-order valence-corrected chi connectivity index (χ4v) is 1.47. The van der Waals surface area contributed by atoms with Gasteiger partial charge in [-0.3, -0.25) is 5.32 Å². The number of carbonyl (C=O) groups excluding carboxylic acids is 1. The second-order valence-electron chi connectivity index (χ2n) is 4.72. The largest absolute Gasteiger partial charge is 0.478 e. The summed E-state index contributed by atoms with van der Waals surface area (Å²) in [7, 11) is 0. The van der Waals surface area contributed by atoms with E-state index >= 15 is 0 Å². The van der Waals surface area contributed by atoms with Crippen molar-refractivity contribution in [2.75, 3.05) is 5.32 Å². The van der Waals surface area contributed by atoms with Crippen molar-refractivity contribution < 1.29 is 23.8 Å². The molecule has 0 aromatic heterocycles. The molecule has 0 unspecified atom stereocenters. The van der Waals surface area contributed by atoms with Gasteiger partial charge in [0, 0.05) is 0 Å². The van der Waals surface area contributed by atoms with Crippen LogP contribution in [0.15, 0.2) is 12.1 Å². The van der Waals surface area contributed by atoms with Crippen molar-refractivity contribution in [1.29, 1.82) is 0 Å². The molecule has 104 valence electrons. The molecule has 0 bridgehead atoms. The van der Waals surface area contributed by atoms with Crippen LogP contribution in [-0.4, -0.2) is 22.8 Å². The predicted molar refractivity (Wildman–Crippen MR) is 68.2 cm³/mol. The molecule has 0 spiro atoms. The van der Waals surface area contributed by atoms with Gasteiger partial charge in [-0.05, 0) is 32.9 Å². The zero-order valence-electron chi connectivity index (χ0n) is 10.6. The third-order valence-corrected chi connectivity index (χ3v) is 2.32. The summed E-state index contributed by atoms with van der Waals surface area (Å²) in [6, 6.07) is 1.92. The average molecular weight is 290 g/mol. The van der Waals surface area contributed by atoms with E-state index in [1.54, 1.807) is 20.8 Å². The Labute approximate surface area is 114 Å². The first-order valence-electron chi connectivity index (χ1n) is 5.33. The van der Waals surface area contributed by atoms with Crippen LogP contribution in [0.3, 0.4) is 0 Å². The maximum atomic E-state index is 13.3. The second-order valence-corrected chi connectivity index (χ2v) is 5.09. The molecule has 5 nitrogen and oxygen atoms in total. The number of ether oxygens (including phenoxy) is 1. The van der Waals surface area contributed by atoms with Crippen molar-refractivity contribution in [3.05, 3.63) is 28.5 Å². The lowest BCUT2D eigenvalue weighted by atomic mass is 10.1. The topological polar surface area (TPSA) is 75.6 Å². The van der Waals surface area contributed by atoms with Gasteiger partial charge in [-0.25, -0.2) is 14.0 Å². The van der Waals surface area contributed by atoms with E-state index in [-0.39, 0.29) is 11.3 Å². The van der Waals surface area contributed by atoms with E-state index in [4.69, 9.17) is 21.4 Å². The predicted octanol–water partition coefficient (Wildman–Crippen LogP) is 3.52. The lowest BCUT2D eigenvalue weighted by Crippen LogP contribution is -2.28. The van der Waals surface area contributed by atoms with Gasteiger partial charge in [0.1, 0.15) is 16.4 Å². The molecule has 0 saturated heterocycles. The van der Waals surface area contributed by atoms with Crippen LogP contribution in [0.2, 0.25) is 5.02 Å². The summed E-state index contributed by atoms with van der Waals surface area (Å²) in [5.74, 6) is -2.18. The first-order valence-corrected chi connectivity index (χ1v) is 5.71. The third kappa shape index (κ3) is 4.10. The summed E-state index contributed by atoms with van der Waals surface area (Å²) in [5, 5.41) is 10.6. The lowest BCUT2D eigenvalue weighted by molar-refractivity contribution is 0.0636. The maximum Gasteiger partial charge on any atom is 0.412 e. The van der Waals surface area contributed by atoms with Gasteiger partial charge in [0.25, 0.3) is 0 Å². The number of amides is 1. The number of hydrogen-bond donors (Lipinski definition) is 2. The van der Waals surface area contributed by atoms with Gasteiger partial charge >= 0.3 is 12.1 Å². The molecule has 0 radical (unpaired) electrons. The normalized spacial score (nSPS) is 11.0. The number of carboxylic acid groups (broad SMARTS) is 1. The van der Waals surface area contributed by atoms with Crippen molar-refractivity contribution in [2.24, 2.45) is 0 Å². The van der Waals surface area contributed by atoms with Crippen LogP contribution in [0.25, 0.3) is 0 Å². The molecule has 0 saturated carbocycles. The molecule has 1 aromatic carbocycles. The molecule has 0 aliphatic carbocycles. The monoisotopic (exact) mass is 289 g/mol. The van der Waals surface area contributed by atoms with Crippen LogP contribution < -0.4 is 5.32 Å². The van der Waals surface area contributed by atoms with E-state index in [0.717, 1.165) is 12.1 Å². The quantitative estimate of drug-likeness (QED) is 0.873. The Bertz CT molecular complexity index is 525. The number of rotatable bonds is 2. The summed E-state index contributed by atoms with van der Waals surface area (Å²) in [5.41, 5.74) is -1.42. The Kier molecular flexibility index (Phi) is 4.36. The highest BCUT2D eigenvalue weighted by molar-refractivity contribution is 6.34. The molecule has 1 rings (SSSR count). The van der Waals surface area contributed by atoms with Gasteiger partial charge in [0.05, 0.1) is 11.3 Å². The Hall–Kier alpha value is -1.82. The van der Waals surface area contributed by atoms with Gasteiger partial charge in [-0.1, -0.05) is 11.6 Å². The summed E-state index contributed by atoms with van der Waals surface area (Å²) >= 11 is 5.65. The molecule has 1 amide bonds.